The standard InChI is InChI=1S/C15H29BNO5P/c1-7-12-13(22-23(6)19-9-8-17-4)14(15(16)21-12)20-11(3)10(2)18-5/h10-15H,7-9,16H2,1-3,5-6H3/t10-,11-,12-,13?,14+,15-,23?/m1/s1. The van der Waals surface area contributed by atoms with E-state index in [4.69, 9.17) is 29.8 Å². The summed E-state index contributed by atoms with van der Waals surface area (Å²) in [6.45, 7) is 15.5. The number of methoxy groups -OCH3 is 1. The fourth-order valence-electron chi connectivity index (χ4n) is 2.52. The lowest BCUT2D eigenvalue weighted by molar-refractivity contribution is -0.100. The molecule has 1 aliphatic heterocycles. The van der Waals surface area contributed by atoms with Crippen LogP contribution in [0.4, 0.5) is 0 Å². The summed E-state index contributed by atoms with van der Waals surface area (Å²) >= 11 is 0. The van der Waals surface area contributed by atoms with E-state index in [1.165, 1.54) is 0 Å². The van der Waals surface area contributed by atoms with Gasteiger partial charge in [-0.05, 0) is 20.3 Å². The molecule has 7 atom stereocenters. The van der Waals surface area contributed by atoms with Gasteiger partial charge in [0, 0.05) is 13.8 Å². The van der Waals surface area contributed by atoms with Crippen LogP contribution in [0.2, 0.25) is 0 Å². The molecule has 1 aliphatic rings. The van der Waals surface area contributed by atoms with Gasteiger partial charge in [0.15, 0.2) is 8.38 Å². The minimum atomic E-state index is -1.06. The number of rotatable bonds is 10. The lowest BCUT2D eigenvalue weighted by atomic mass is 9.92. The first-order valence-electron chi connectivity index (χ1n) is 8.14. The molecule has 132 valence electrons. The predicted octanol–water partition coefficient (Wildman–Crippen LogP) is 1.83. The Balaban J connectivity index is 2.67. The molecule has 0 radical (unpaired) electrons. The average Bonchev–Trinajstić information content (AvgIpc) is 2.82. The van der Waals surface area contributed by atoms with Crippen molar-refractivity contribution in [3.05, 3.63) is 11.4 Å². The molecule has 0 aliphatic carbocycles. The zero-order valence-corrected chi connectivity index (χ0v) is 15.9. The van der Waals surface area contributed by atoms with Crippen LogP contribution in [0.25, 0.3) is 4.85 Å². The summed E-state index contributed by atoms with van der Waals surface area (Å²) < 4.78 is 29.2. The van der Waals surface area contributed by atoms with Crippen LogP contribution in [0.5, 0.6) is 0 Å². The molecule has 0 amide bonds. The molecule has 8 heteroatoms. The van der Waals surface area contributed by atoms with E-state index >= 15 is 0 Å². The second-order valence-electron chi connectivity index (χ2n) is 5.76. The maximum absolute atomic E-state index is 6.79. The van der Waals surface area contributed by atoms with Crippen molar-refractivity contribution in [1.29, 1.82) is 0 Å². The minimum Gasteiger partial charge on any atom is -0.379 e. The van der Waals surface area contributed by atoms with Gasteiger partial charge in [-0.25, -0.2) is 6.57 Å². The second-order valence-corrected chi connectivity index (χ2v) is 7.11. The van der Waals surface area contributed by atoms with Crippen molar-refractivity contribution < 1.29 is 23.3 Å². The van der Waals surface area contributed by atoms with E-state index in [1.54, 1.807) is 7.11 Å². The third-order valence-electron chi connectivity index (χ3n) is 4.10. The highest BCUT2D eigenvalue weighted by molar-refractivity contribution is 7.46. The normalized spacial score (nSPS) is 31.5. The topological polar surface area (TPSA) is 50.5 Å². The molecule has 1 saturated heterocycles. The van der Waals surface area contributed by atoms with Crippen molar-refractivity contribution in [1.82, 2.24) is 0 Å². The third kappa shape index (κ3) is 6.30. The van der Waals surface area contributed by atoms with Gasteiger partial charge >= 0.3 is 0 Å². The van der Waals surface area contributed by atoms with Gasteiger partial charge in [0.25, 0.3) is 0 Å². The van der Waals surface area contributed by atoms with Gasteiger partial charge in [-0.15, -0.1) is 0 Å². The van der Waals surface area contributed by atoms with Gasteiger partial charge < -0.3 is 28.1 Å². The van der Waals surface area contributed by atoms with E-state index in [-0.39, 0.29) is 36.5 Å². The van der Waals surface area contributed by atoms with Crippen molar-refractivity contribution in [2.75, 3.05) is 26.9 Å². The molecular weight excluding hydrogens is 316 g/mol. The van der Waals surface area contributed by atoms with Crippen LogP contribution in [0.1, 0.15) is 27.2 Å². The summed E-state index contributed by atoms with van der Waals surface area (Å²) in [5.41, 5.74) is 0. The highest BCUT2D eigenvalue weighted by atomic mass is 31.2. The smallest absolute Gasteiger partial charge is 0.238 e. The number of hydrogen-bond donors (Lipinski definition) is 0. The quantitative estimate of drug-likeness (QED) is 0.262. The van der Waals surface area contributed by atoms with Crippen LogP contribution < -0.4 is 0 Å². The fraction of sp³-hybridized carbons (Fsp3) is 0.933. The van der Waals surface area contributed by atoms with Gasteiger partial charge in [-0.2, -0.15) is 0 Å². The van der Waals surface area contributed by atoms with Crippen molar-refractivity contribution in [2.45, 2.75) is 63.7 Å². The molecule has 1 fully saturated rings. The summed E-state index contributed by atoms with van der Waals surface area (Å²) in [6.07, 6.45) is 0.487. The Labute approximate surface area is 142 Å². The Morgan fingerprint density at radius 2 is 2.00 bits per heavy atom. The van der Waals surface area contributed by atoms with E-state index in [0.29, 0.717) is 13.2 Å². The van der Waals surface area contributed by atoms with E-state index in [0.717, 1.165) is 6.42 Å². The summed E-state index contributed by atoms with van der Waals surface area (Å²) in [7, 11) is 2.63. The minimum absolute atomic E-state index is 0.00146. The second kappa shape index (κ2) is 10.6. The monoisotopic (exact) mass is 345 g/mol. The van der Waals surface area contributed by atoms with Gasteiger partial charge in [0.2, 0.25) is 6.54 Å². The first-order valence-corrected chi connectivity index (χ1v) is 9.77. The van der Waals surface area contributed by atoms with Crippen molar-refractivity contribution in [3.8, 4) is 0 Å². The molecule has 23 heavy (non-hydrogen) atoms. The molecule has 0 spiro atoms. The summed E-state index contributed by atoms with van der Waals surface area (Å²) in [4.78, 5) is 3.28. The van der Waals surface area contributed by atoms with Crippen LogP contribution in [0.3, 0.4) is 0 Å². The van der Waals surface area contributed by atoms with Gasteiger partial charge in [0.1, 0.15) is 26.7 Å². The van der Waals surface area contributed by atoms with E-state index in [2.05, 4.69) is 11.8 Å². The van der Waals surface area contributed by atoms with E-state index in [9.17, 15) is 0 Å². The molecule has 1 rings (SSSR count). The summed E-state index contributed by atoms with van der Waals surface area (Å²) in [5, 5.41) is 0. The Morgan fingerprint density at radius 3 is 2.57 bits per heavy atom. The lowest BCUT2D eigenvalue weighted by Crippen LogP contribution is -2.41. The highest BCUT2D eigenvalue weighted by Gasteiger charge is 2.45. The average molecular weight is 345 g/mol. The van der Waals surface area contributed by atoms with Crippen molar-refractivity contribution >= 4 is 16.2 Å². The maximum Gasteiger partial charge on any atom is 0.238 e. The molecule has 0 bridgehead atoms. The lowest BCUT2D eigenvalue weighted by Gasteiger charge is -2.30. The molecule has 0 aromatic heterocycles. The Morgan fingerprint density at radius 1 is 1.30 bits per heavy atom. The van der Waals surface area contributed by atoms with Crippen LogP contribution in [0, 0.1) is 6.57 Å². The van der Waals surface area contributed by atoms with Crippen molar-refractivity contribution in [2.24, 2.45) is 0 Å². The van der Waals surface area contributed by atoms with Gasteiger partial charge in [-0.1, -0.05) is 6.92 Å². The Bertz CT molecular complexity index is 383. The van der Waals surface area contributed by atoms with Crippen LogP contribution >= 0.6 is 8.38 Å². The first kappa shape index (κ1) is 20.8. The van der Waals surface area contributed by atoms with E-state index < -0.39 is 8.38 Å². The van der Waals surface area contributed by atoms with Crippen LogP contribution in [-0.2, 0) is 23.3 Å². The van der Waals surface area contributed by atoms with Gasteiger partial charge in [0.05, 0.1) is 24.3 Å². The summed E-state index contributed by atoms with van der Waals surface area (Å²) in [5.74, 6) is 0. The zero-order valence-electron chi connectivity index (χ0n) is 15.0. The van der Waals surface area contributed by atoms with Crippen LogP contribution in [-0.4, -0.2) is 71.3 Å². The largest absolute Gasteiger partial charge is 0.379 e. The first-order chi connectivity index (χ1) is 10.9. The zero-order chi connectivity index (χ0) is 17.4. The van der Waals surface area contributed by atoms with E-state index in [1.807, 2.05) is 28.4 Å². The number of nitrogens with zero attached hydrogens (tertiary/aromatic N) is 1. The van der Waals surface area contributed by atoms with Gasteiger partial charge in [-0.3, -0.25) is 0 Å². The SMILES string of the molecule is B[C@@H]1O[C@H](CC)C(OP(C)OCC[N+]#[C-])[C@@H]1O[C@H](C)[C@@H](C)OC. The number of hydrogen-bond acceptors (Lipinski definition) is 5. The summed E-state index contributed by atoms with van der Waals surface area (Å²) in [6, 6.07) is -0.0388. The molecule has 0 saturated carbocycles. The molecule has 0 aromatic rings. The maximum atomic E-state index is 6.79. The molecule has 2 unspecified atom stereocenters. The Kier molecular flexibility index (Phi) is 9.61. The van der Waals surface area contributed by atoms with Crippen molar-refractivity contribution in [3.63, 3.8) is 0 Å². The highest BCUT2D eigenvalue weighted by Crippen LogP contribution is 2.41. The fourth-order valence-corrected chi connectivity index (χ4v) is 3.52. The molecule has 6 nitrogen and oxygen atoms in total. The Hall–Kier alpha value is -0.215. The molecule has 1 heterocycles. The number of ether oxygens (including phenoxy) is 3. The van der Waals surface area contributed by atoms with Crippen LogP contribution in [0.15, 0.2) is 0 Å². The third-order valence-corrected chi connectivity index (χ3v) is 5.18. The molecule has 0 N–H and O–H groups in total. The predicted molar refractivity (Wildman–Crippen MR) is 93.4 cm³/mol. The molecule has 0 aromatic carbocycles. The molecular formula is C15H29BNO5P.